The van der Waals surface area contributed by atoms with Gasteiger partial charge in [-0.1, -0.05) is 188 Å². The number of phosphoric acid groups is 1. The van der Waals surface area contributed by atoms with Crippen LogP contribution in [0.2, 0.25) is 0 Å². The second-order valence-electron chi connectivity index (χ2n) is 15.9. The topological polar surface area (TPSA) is 117 Å². The number of ether oxygens (including phenoxy) is 2. The molecule has 0 aliphatic heterocycles. The molecule has 0 rings (SSSR count). The van der Waals surface area contributed by atoms with E-state index in [9.17, 15) is 14.3 Å². The van der Waals surface area contributed by atoms with Crippen LogP contribution in [0.15, 0.2) is 97.2 Å². The van der Waals surface area contributed by atoms with Crippen LogP contribution >= 0.6 is 7.82 Å². The van der Waals surface area contributed by atoms with Crippen LogP contribution in [0.5, 0.6) is 0 Å². The van der Waals surface area contributed by atoms with Crippen LogP contribution in [0.25, 0.3) is 0 Å². The first-order chi connectivity index (χ1) is 30.4. The van der Waals surface area contributed by atoms with Crippen LogP contribution in [0, 0.1) is 0 Å². The number of esters is 1. The Balaban J connectivity index is 4.08. The lowest BCUT2D eigenvalue weighted by molar-refractivity contribution is -0.154. The maximum Gasteiger partial charge on any atom is 0.472 e. The molecule has 8 nitrogen and oxygen atoms in total. The maximum absolute atomic E-state index is 12.6. The van der Waals surface area contributed by atoms with Gasteiger partial charge in [-0.25, -0.2) is 4.57 Å². The van der Waals surface area contributed by atoms with E-state index >= 15 is 0 Å². The van der Waals surface area contributed by atoms with Crippen LogP contribution in [0.1, 0.15) is 194 Å². The minimum absolute atomic E-state index is 0.0873. The molecule has 0 spiro atoms. The summed E-state index contributed by atoms with van der Waals surface area (Å²) in [6.45, 7) is 4.72. The van der Waals surface area contributed by atoms with Crippen molar-refractivity contribution in [2.75, 3.05) is 33.0 Å². The highest BCUT2D eigenvalue weighted by Gasteiger charge is 2.25. The Morgan fingerprint density at radius 2 is 0.903 bits per heavy atom. The number of nitrogens with two attached hydrogens (primary N) is 1. The highest BCUT2D eigenvalue weighted by molar-refractivity contribution is 7.47. The fraction of sp³-hybridized carbons (Fsp3) is 0.679. The van der Waals surface area contributed by atoms with Gasteiger partial charge in [0, 0.05) is 19.6 Å². The summed E-state index contributed by atoms with van der Waals surface area (Å²) in [6.07, 6.45) is 65.8. The van der Waals surface area contributed by atoms with E-state index in [1.165, 1.54) is 96.3 Å². The van der Waals surface area contributed by atoms with Crippen molar-refractivity contribution in [2.24, 2.45) is 5.73 Å². The summed E-state index contributed by atoms with van der Waals surface area (Å²) in [5.41, 5.74) is 5.38. The molecule has 3 N–H and O–H groups in total. The second kappa shape index (κ2) is 49.4. The van der Waals surface area contributed by atoms with Crippen molar-refractivity contribution in [1.82, 2.24) is 0 Å². The molecular weight excluding hydrogens is 794 g/mol. The highest BCUT2D eigenvalue weighted by Crippen LogP contribution is 2.43. The Morgan fingerprint density at radius 1 is 0.500 bits per heavy atom. The minimum Gasteiger partial charge on any atom is -0.457 e. The Morgan fingerprint density at radius 3 is 1.35 bits per heavy atom. The number of hydrogen-bond acceptors (Lipinski definition) is 7. The maximum atomic E-state index is 12.6. The molecule has 62 heavy (non-hydrogen) atoms. The van der Waals surface area contributed by atoms with Gasteiger partial charge in [-0.2, -0.15) is 0 Å². The molecule has 0 amide bonds. The first-order valence-corrected chi connectivity index (χ1v) is 26.2. The standard InChI is InChI=1S/C53H92NO7P/c1-3-5-7-9-11-13-15-17-19-21-23-25-27-29-31-33-35-37-39-41-43-45-48-58-50-52(51-60-62(56,57)59-49-47-54)61-53(55)46-44-42-40-38-36-34-32-30-28-26-24-22-20-18-16-14-12-10-8-6-4-2/h6,8,12,14-15,17-18,20-21,23-24,26,30,32,36,38,52H,3-5,7,9-11,13,16,19,22,25,27-29,31,33-35,37,39-51,54H2,1-2H3,(H,56,57)/b8-6-,14-12-,17-15-,20-18-,23-21-,26-24-,32-30-,38-36-. The lowest BCUT2D eigenvalue weighted by Gasteiger charge is -2.20. The Bertz CT molecular complexity index is 1270. The van der Waals surface area contributed by atoms with Gasteiger partial charge in [0.2, 0.25) is 0 Å². The monoisotopic (exact) mass is 886 g/mol. The molecule has 0 bridgehead atoms. The average Bonchev–Trinajstić information content (AvgIpc) is 3.26. The molecule has 2 atom stereocenters. The molecule has 0 radical (unpaired) electrons. The van der Waals surface area contributed by atoms with Crippen molar-refractivity contribution in [3.63, 3.8) is 0 Å². The molecule has 0 aromatic rings. The van der Waals surface area contributed by atoms with Crippen molar-refractivity contribution >= 4 is 13.8 Å². The van der Waals surface area contributed by atoms with Gasteiger partial charge in [-0.05, 0) is 96.3 Å². The van der Waals surface area contributed by atoms with E-state index in [2.05, 4.69) is 111 Å². The fourth-order valence-corrected chi connectivity index (χ4v) is 7.15. The summed E-state index contributed by atoms with van der Waals surface area (Å²) in [7, 11) is -4.30. The van der Waals surface area contributed by atoms with Crippen molar-refractivity contribution < 1.29 is 32.8 Å². The van der Waals surface area contributed by atoms with Crippen molar-refractivity contribution in [3.8, 4) is 0 Å². The van der Waals surface area contributed by atoms with Gasteiger partial charge in [0.1, 0.15) is 6.10 Å². The number of carbonyl (C=O) groups is 1. The molecule has 0 aromatic carbocycles. The quantitative estimate of drug-likeness (QED) is 0.0269. The molecule has 0 heterocycles. The SMILES string of the molecule is CC/C=C\C/C=C\C/C=C\C/C=C\C/C=C\C/C=C\CCCCC(=O)OC(COCCCCCCCCCCCC/C=C\C/C=C\CCCCCCC)COP(=O)(O)OCCN. The van der Waals surface area contributed by atoms with Gasteiger partial charge in [0.25, 0.3) is 0 Å². The number of hydrogen-bond donors (Lipinski definition) is 2. The van der Waals surface area contributed by atoms with Crippen molar-refractivity contribution in [2.45, 2.75) is 200 Å². The molecule has 0 fully saturated rings. The van der Waals surface area contributed by atoms with Gasteiger partial charge >= 0.3 is 13.8 Å². The fourth-order valence-electron chi connectivity index (χ4n) is 6.38. The smallest absolute Gasteiger partial charge is 0.457 e. The lowest BCUT2D eigenvalue weighted by atomic mass is 10.1. The third kappa shape index (κ3) is 48.5. The Kier molecular flexibility index (Phi) is 47.4. The first-order valence-electron chi connectivity index (χ1n) is 24.7. The minimum atomic E-state index is -4.30. The van der Waals surface area contributed by atoms with Gasteiger partial charge in [0.05, 0.1) is 19.8 Å². The molecule has 9 heteroatoms. The predicted octanol–water partition coefficient (Wildman–Crippen LogP) is 15.4. The summed E-state index contributed by atoms with van der Waals surface area (Å²) in [5.74, 6) is -0.376. The number of unbranched alkanes of at least 4 members (excludes halogenated alkanes) is 17. The third-order valence-corrected chi connectivity index (χ3v) is 11.0. The van der Waals surface area contributed by atoms with Crippen LogP contribution in [-0.4, -0.2) is 49.9 Å². The molecule has 0 aromatic heterocycles. The molecular formula is C53H92NO7P. The number of rotatable bonds is 46. The third-order valence-electron chi connectivity index (χ3n) is 9.99. The normalized spacial score (nSPS) is 14.2. The van der Waals surface area contributed by atoms with Gasteiger partial charge in [0.15, 0.2) is 0 Å². The van der Waals surface area contributed by atoms with E-state index in [0.717, 1.165) is 70.6 Å². The number of carbonyl (C=O) groups excluding carboxylic acids is 1. The van der Waals surface area contributed by atoms with Crippen molar-refractivity contribution in [1.29, 1.82) is 0 Å². The van der Waals surface area contributed by atoms with E-state index in [-0.39, 0.29) is 38.8 Å². The van der Waals surface area contributed by atoms with E-state index in [0.29, 0.717) is 13.0 Å². The molecule has 0 saturated heterocycles. The van der Waals surface area contributed by atoms with E-state index in [1.54, 1.807) is 0 Å². The molecule has 0 aliphatic carbocycles. The average molecular weight is 886 g/mol. The lowest BCUT2D eigenvalue weighted by Crippen LogP contribution is -2.28. The van der Waals surface area contributed by atoms with Crippen LogP contribution in [0.3, 0.4) is 0 Å². The van der Waals surface area contributed by atoms with E-state index < -0.39 is 13.9 Å². The summed E-state index contributed by atoms with van der Waals surface area (Å²) in [6, 6.07) is 0. The van der Waals surface area contributed by atoms with Crippen LogP contribution in [0.4, 0.5) is 0 Å². The molecule has 2 unspecified atom stereocenters. The van der Waals surface area contributed by atoms with E-state index in [1.807, 2.05) is 0 Å². The van der Waals surface area contributed by atoms with Gasteiger partial charge < -0.3 is 20.1 Å². The zero-order valence-corrected chi connectivity index (χ0v) is 40.5. The van der Waals surface area contributed by atoms with Gasteiger partial charge in [-0.15, -0.1) is 0 Å². The zero-order valence-electron chi connectivity index (χ0n) is 39.6. The number of phosphoric ester groups is 1. The highest BCUT2D eigenvalue weighted by atomic mass is 31.2. The molecule has 0 aliphatic rings. The first kappa shape index (κ1) is 59.4. The summed E-state index contributed by atoms with van der Waals surface area (Å²) in [4.78, 5) is 22.6. The van der Waals surface area contributed by atoms with Crippen LogP contribution in [-0.2, 0) is 27.9 Å². The second-order valence-corrected chi connectivity index (χ2v) is 17.4. The Labute approximate surface area is 380 Å². The number of allylic oxidation sites excluding steroid dienone is 16. The summed E-state index contributed by atoms with van der Waals surface area (Å²) >= 11 is 0. The van der Waals surface area contributed by atoms with E-state index in [4.69, 9.17) is 24.3 Å². The largest absolute Gasteiger partial charge is 0.472 e. The summed E-state index contributed by atoms with van der Waals surface area (Å²) in [5, 5.41) is 0. The summed E-state index contributed by atoms with van der Waals surface area (Å²) < 4.78 is 33.5. The predicted molar refractivity (Wildman–Crippen MR) is 265 cm³/mol. The zero-order chi connectivity index (χ0) is 45.1. The Hall–Kier alpha value is -2.58. The molecule has 356 valence electrons. The molecule has 0 saturated carbocycles. The van der Waals surface area contributed by atoms with Crippen LogP contribution < -0.4 is 5.73 Å². The van der Waals surface area contributed by atoms with Crippen molar-refractivity contribution in [3.05, 3.63) is 97.2 Å². The van der Waals surface area contributed by atoms with Gasteiger partial charge in [-0.3, -0.25) is 13.8 Å².